The summed E-state index contributed by atoms with van der Waals surface area (Å²) in [5.41, 5.74) is 3.72. The molecule has 0 aromatic carbocycles. The quantitative estimate of drug-likeness (QED) is 0.858. The lowest BCUT2D eigenvalue weighted by molar-refractivity contribution is -0.0158. The van der Waals surface area contributed by atoms with E-state index in [4.69, 9.17) is 4.74 Å². The van der Waals surface area contributed by atoms with E-state index in [1.54, 1.807) is 0 Å². The Morgan fingerprint density at radius 2 is 2.25 bits per heavy atom. The largest absolute Gasteiger partial charge is 0.378 e. The molecule has 3 heterocycles. The van der Waals surface area contributed by atoms with Crippen LogP contribution in [0, 0.1) is 6.92 Å². The van der Waals surface area contributed by atoms with Gasteiger partial charge in [0, 0.05) is 38.2 Å². The molecule has 3 rings (SSSR count). The van der Waals surface area contributed by atoms with E-state index in [9.17, 15) is 0 Å². The van der Waals surface area contributed by atoms with Crippen molar-refractivity contribution in [3.05, 3.63) is 53.6 Å². The van der Waals surface area contributed by atoms with Crippen LogP contribution in [0.25, 0.3) is 0 Å². The molecule has 1 aliphatic rings. The molecule has 106 valence electrons. The molecule has 4 heteroatoms. The monoisotopic (exact) mass is 271 g/mol. The van der Waals surface area contributed by atoms with Crippen LogP contribution < -0.4 is 0 Å². The summed E-state index contributed by atoms with van der Waals surface area (Å²) >= 11 is 0. The minimum Gasteiger partial charge on any atom is -0.378 e. The zero-order valence-electron chi connectivity index (χ0n) is 12.1. The van der Waals surface area contributed by atoms with E-state index in [0.29, 0.717) is 6.04 Å². The minimum atomic E-state index is 0.310. The SMILES string of the molecule is Cc1cccnc1CN1CCOC[C@H]1c1cccn1C. The molecule has 1 aliphatic heterocycles. The van der Waals surface area contributed by atoms with Crippen molar-refractivity contribution in [2.75, 3.05) is 19.8 Å². The molecule has 0 radical (unpaired) electrons. The van der Waals surface area contributed by atoms with E-state index < -0.39 is 0 Å². The van der Waals surface area contributed by atoms with Crippen molar-refractivity contribution < 1.29 is 4.74 Å². The second kappa shape index (κ2) is 5.77. The lowest BCUT2D eigenvalue weighted by Gasteiger charge is -2.35. The Balaban J connectivity index is 1.83. The molecule has 0 unspecified atom stereocenters. The van der Waals surface area contributed by atoms with E-state index in [1.807, 2.05) is 12.3 Å². The molecule has 0 spiro atoms. The Morgan fingerprint density at radius 1 is 1.35 bits per heavy atom. The molecule has 4 nitrogen and oxygen atoms in total. The highest BCUT2D eigenvalue weighted by molar-refractivity contribution is 5.19. The summed E-state index contributed by atoms with van der Waals surface area (Å²) < 4.78 is 7.86. The lowest BCUT2D eigenvalue weighted by atomic mass is 10.1. The van der Waals surface area contributed by atoms with Crippen molar-refractivity contribution in [3.8, 4) is 0 Å². The smallest absolute Gasteiger partial charge is 0.0741 e. The Kier molecular flexibility index (Phi) is 3.85. The number of nitrogens with zero attached hydrogens (tertiary/aromatic N) is 3. The van der Waals surface area contributed by atoms with Crippen molar-refractivity contribution in [3.63, 3.8) is 0 Å². The van der Waals surface area contributed by atoms with Gasteiger partial charge in [-0.2, -0.15) is 0 Å². The Bertz CT molecular complexity index is 579. The summed E-state index contributed by atoms with van der Waals surface area (Å²) in [6, 6.07) is 8.70. The van der Waals surface area contributed by atoms with Gasteiger partial charge >= 0.3 is 0 Å². The molecule has 0 saturated carbocycles. The Hall–Kier alpha value is -1.65. The van der Waals surface area contributed by atoms with Crippen LogP contribution in [0.3, 0.4) is 0 Å². The van der Waals surface area contributed by atoms with Crippen LogP contribution in [0.4, 0.5) is 0 Å². The number of pyridine rings is 1. The van der Waals surface area contributed by atoms with Crippen molar-refractivity contribution in [1.82, 2.24) is 14.5 Å². The first-order valence-corrected chi connectivity index (χ1v) is 7.09. The van der Waals surface area contributed by atoms with Crippen LogP contribution in [-0.4, -0.2) is 34.2 Å². The van der Waals surface area contributed by atoms with Gasteiger partial charge < -0.3 is 9.30 Å². The molecule has 1 atom stereocenters. The molecule has 2 aromatic heterocycles. The fourth-order valence-corrected chi connectivity index (χ4v) is 2.80. The Labute approximate surface area is 120 Å². The number of aromatic nitrogens is 2. The maximum absolute atomic E-state index is 5.68. The van der Waals surface area contributed by atoms with Gasteiger partial charge in [-0.15, -0.1) is 0 Å². The van der Waals surface area contributed by atoms with Gasteiger partial charge in [-0.3, -0.25) is 9.88 Å². The highest BCUT2D eigenvalue weighted by atomic mass is 16.5. The number of hydrogen-bond donors (Lipinski definition) is 0. The first-order valence-electron chi connectivity index (χ1n) is 7.09. The Morgan fingerprint density at radius 3 is 3.00 bits per heavy atom. The molecule has 20 heavy (non-hydrogen) atoms. The fourth-order valence-electron chi connectivity index (χ4n) is 2.80. The number of rotatable bonds is 3. The van der Waals surface area contributed by atoms with Crippen LogP contribution in [0.15, 0.2) is 36.7 Å². The van der Waals surface area contributed by atoms with E-state index >= 15 is 0 Å². The molecule has 2 aromatic rings. The minimum absolute atomic E-state index is 0.310. The third kappa shape index (κ3) is 2.62. The lowest BCUT2D eigenvalue weighted by Crippen LogP contribution is -2.40. The molecule has 1 fully saturated rings. The first-order chi connectivity index (χ1) is 9.75. The molecular formula is C16H21N3O. The number of aryl methyl sites for hydroxylation is 2. The maximum atomic E-state index is 5.68. The molecule has 0 N–H and O–H groups in total. The summed E-state index contributed by atoms with van der Waals surface area (Å²) in [4.78, 5) is 6.99. The second-order valence-corrected chi connectivity index (χ2v) is 5.37. The van der Waals surface area contributed by atoms with Gasteiger partial charge in [-0.1, -0.05) is 6.07 Å². The average Bonchev–Trinajstić information content (AvgIpc) is 2.88. The van der Waals surface area contributed by atoms with E-state index in [0.717, 1.165) is 32.0 Å². The van der Waals surface area contributed by atoms with E-state index in [1.165, 1.54) is 11.3 Å². The molecule has 0 aliphatic carbocycles. The summed E-state index contributed by atoms with van der Waals surface area (Å²) in [6.07, 6.45) is 3.97. The van der Waals surface area contributed by atoms with Crippen LogP contribution in [0.5, 0.6) is 0 Å². The highest BCUT2D eigenvalue weighted by Crippen LogP contribution is 2.26. The third-order valence-corrected chi connectivity index (χ3v) is 4.04. The zero-order valence-corrected chi connectivity index (χ0v) is 12.1. The fraction of sp³-hybridized carbons (Fsp3) is 0.438. The summed E-state index contributed by atoms with van der Waals surface area (Å²) in [5.74, 6) is 0. The summed E-state index contributed by atoms with van der Waals surface area (Å²) in [7, 11) is 2.09. The van der Waals surface area contributed by atoms with Gasteiger partial charge in [0.2, 0.25) is 0 Å². The molecular weight excluding hydrogens is 250 g/mol. The van der Waals surface area contributed by atoms with Crippen LogP contribution >= 0.6 is 0 Å². The second-order valence-electron chi connectivity index (χ2n) is 5.37. The van der Waals surface area contributed by atoms with Crippen molar-refractivity contribution >= 4 is 0 Å². The van der Waals surface area contributed by atoms with Crippen LogP contribution in [-0.2, 0) is 18.3 Å². The number of morpholine rings is 1. The van der Waals surface area contributed by atoms with E-state index in [-0.39, 0.29) is 0 Å². The molecule has 0 amide bonds. The number of ether oxygens (including phenoxy) is 1. The van der Waals surface area contributed by atoms with E-state index in [2.05, 4.69) is 52.8 Å². The topological polar surface area (TPSA) is 30.3 Å². The van der Waals surface area contributed by atoms with Gasteiger partial charge in [0.25, 0.3) is 0 Å². The molecule has 1 saturated heterocycles. The van der Waals surface area contributed by atoms with Gasteiger partial charge in [-0.25, -0.2) is 0 Å². The van der Waals surface area contributed by atoms with Crippen molar-refractivity contribution in [2.24, 2.45) is 7.05 Å². The predicted octanol–water partition coefficient (Wildman–Crippen LogP) is 2.30. The number of hydrogen-bond acceptors (Lipinski definition) is 3. The van der Waals surface area contributed by atoms with Gasteiger partial charge in [0.1, 0.15) is 0 Å². The average molecular weight is 271 g/mol. The summed E-state index contributed by atoms with van der Waals surface area (Å²) in [5, 5.41) is 0. The normalized spacial score (nSPS) is 20.2. The van der Waals surface area contributed by atoms with Crippen molar-refractivity contribution in [1.29, 1.82) is 0 Å². The zero-order chi connectivity index (χ0) is 13.9. The van der Waals surface area contributed by atoms with Crippen molar-refractivity contribution in [2.45, 2.75) is 19.5 Å². The molecule has 0 bridgehead atoms. The standard InChI is InChI=1S/C16H21N3O/c1-13-5-3-7-17-14(13)11-19-9-10-20-12-16(19)15-6-4-8-18(15)2/h3-8,16H,9-12H2,1-2H3/t16-/m0/s1. The third-order valence-electron chi connectivity index (χ3n) is 4.04. The van der Waals surface area contributed by atoms with Gasteiger partial charge in [-0.05, 0) is 30.7 Å². The van der Waals surface area contributed by atoms with Crippen LogP contribution in [0.1, 0.15) is 23.0 Å². The first kappa shape index (κ1) is 13.3. The van der Waals surface area contributed by atoms with Crippen LogP contribution in [0.2, 0.25) is 0 Å². The maximum Gasteiger partial charge on any atom is 0.0741 e. The summed E-state index contributed by atoms with van der Waals surface area (Å²) in [6.45, 7) is 5.51. The highest BCUT2D eigenvalue weighted by Gasteiger charge is 2.26. The van der Waals surface area contributed by atoms with Gasteiger partial charge in [0.15, 0.2) is 0 Å². The predicted molar refractivity (Wildman–Crippen MR) is 78.4 cm³/mol. The van der Waals surface area contributed by atoms with Gasteiger partial charge in [0.05, 0.1) is 24.9 Å².